The molecule has 2 atom stereocenters. The van der Waals surface area contributed by atoms with E-state index in [4.69, 9.17) is 37.4 Å². The number of hydrogen-bond acceptors (Lipinski definition) is 4. The van der Waals surface area contributed by atoms with Crippen molar-refractivity contribution in [2.45, 2.75) is 10.8 Å². The van der Waals surface area contributed by atoms with Crippen LogP contribution in [0.2, 0.25) is 10.0 Å². The molecule has 1 aliphatic heterocycles. The van der Waals surface area contributed by atoms with Crippen molar-refractivity contribution in [3.8, 4) is 0 Å². The summed E-state index contributed by atoms with van der Waals surface area (Å²) in [5.41, 5.74) is 1.09. The largest absolute Gasteiger partial charge is 0.459 e. The lowest BCUT2D eigenvalue weighted by molar-refractivity contribution is -0.0962. The second-order valence-corrected chi connectivity index (χ2v) is 7.06. The van der Waals surface area contributed by atoms with Crippen molar-refractivity contribution < 1.29 is 19.0 Å². The molecule has 2 aromatic carbocycles. The molecule has 3 rings (SSSR count). The summed E-state index contributed by atoms with van der Waals surface area (Å²) in [4.78, 5) is 12.0. The highest BCUT2D eigenvalue weighted by atomic mass is 79.9. The smallest absolute Gasteiger partial charge is 0.338 e. The standard InChI is InChI=1S/C17H13BrCl2O4/c18-17(14-7-6-12(19)8-15(14)20)23-10-13(24-17)9-22-16(21)11-4-2-1-3-5-11/h1-8,13H,9-10H2. The maximum atomic E-state index is 12.0. The summed E-state index contributed by atoms with van der Waals surface area (Å²) in [6.45, 7) is 0.332. The molecule has 7 heteroatoms. The van der Waals surface area contributed by atoms with Crippen LogP contribution in [0.3, 0.4) is 0 Å². The van der Waals surface area contributed by atoms with Gasteiger partial charge in [-0.1, -0.05) is 41.4 Å². The van der Waals surface area contributed by atoms with Crippen LogP contribution in [0.5, 0.6) is 0 Å². The molecule has 1 saturated heterocycles. The van der Waals surface area contributed by atoms with Gasteiger partial charge in [-0.05, 0) is 46.3 Å². The van der Waals surface area contributed by atoms with Gasteiger partial charge in [-0.15, -0.1) is 0 Å². The Kier molecular flexibility index (Phi) is 5.47. The average molecular weight is 432 g/mol. The fourth-order valence-corrected chi connectivity index (χ4v) is 3.65. The summed E-state index contributed by atoms with van der Waals surface area (Å²) >= 11 is 15.5. The van der Waals surface area contributed by atoms with E-state index in [-0.39, 0.29) is 13.2 Å². The van der Waals surface area contributed by atoms with Crippen molar-refractivity contribution in [1.82, 2.24) is 0 Å². The molecule has 2 aromatic rings. The number of esters is 1. The van der Waals surface area contributed by atoms with Crippen LogP contribution in [0, 0.1) is 0 Å². The molecule has 0 bridgehead atoms. The lowest BCUT2D eigenvalue weighted by atomic mass is 10.2. The average Bonchev–Trinajstić information content (AvgIpc) is 2.95. The van der Waals surface area contributed by atoms with Gasteiger partial charge in [-0.25, -0.2) is 4.79 Å². The Morgan fingerprint density at radius 2 is 2.00 bits per heavy atom. The van der Waals surface area contributed by atoms with Crippen molar-refractivity contribution in [1.29, 1.82) is 0 Å². The minimum atomic E-state index is -1.18. The summed E-state index contributed by atoms with van der Waals surface area (Å²) < 4.78 is 15.6. The van der Waals surface area contributed by atoms with Gasteiger partial charge >= 0.3 is 5.97 Å². The van der Waals surface area contributed by atoms with Gasteiger partial charge in [0.25, 0.3) is 4.70 Å². The Bertz CT molecular complexity index is 741. The van der Waals surface area contributed by atoms with E-state index in [2.05, 4.69) is 15.9 Å². The van der Waals surface area contributed by atoms with Crippen molar-refractivity contribution in [3.63, 3.8) is 0 Å². The molecule has 0 aliphatic carbocycles. The molecule has 1 heterocycles. The summed E-state index contributed by atoms with van der Waals surface area (Å²) in [5.74, 6) is -0.407. The SMILES string of the molecule is O=C(OCC1COC(Br)(c2ccc(Cl)cc2Cl)O1)c1ccccc1. The van der Waals surface area contributed by atoms with E-state index in [0.717, 1.165) is 0 Å². The maximum absolute atomic E-state index is 12.0. The van der Waals surface area contributed by atoms with E-state index >= 15 is 0 Å². The Morgan fingerprint density at radius 3 is 2.71 bits per heavy atom. The lowest BCUT2D eigenvalue weighted by Crippen LogP contribution is -2.24. The van der Waals surface area contributed by atoms with Gasteiger partial charge in [0.15, 0.2) is 0 Å². The Labute approximate surface area is 157 Å². The zero-order chi connectivity index (χ0) is 17.2. The van der Waals surface area contributed by atoms with Crippen molar-refractivity contribution in [2.75, 3.05) is 13.2 Å². The molecule has 0 spiro atoms. The number of carbonyl (C=O) groups is 1. The van der Waals surface area contributed by atoms with E-state index in [1.54, 1.807) is 42.5 Å². The topological polar surface area (TPSA) is 44.8 Å². The molecule has 0 N–H and O–H groups in total. The summed E-state index contributed by atoms with van der Waals surface area (Å²) in [7, 11) is 0. The highest BCUT2D eigenvalue weighted by Gasteiger charge is 2.43. The first-order valence-electron chi connectivity index (χ1n) is 7.16. The molecular weight excluding hydrogens is 419 g/mol. The van der Waals surface area contributed by atoms with Gasteiger partial charge in [0, 0.05) is 10.6 Å². The minimum absolute atomic E-state index is 0.0757. The molecule has 126 valence electrons. The van der Waals surface area contributed by atoms with Crippen LogP contribution >= 0.6 is 39.1 Å². The first-order valence-corrected chi connectivity index (χ1v) is 8.71. The van der Waals surface area contributed by atoms with Gasteiger partial charge in [0.2, 0.25) is 0 Å². The van der Waals surface area contributed by atoms with Crippen LogP contribution in [0.4, 0.5) is 0 Å². The number of hydrogen-bond donors (Lipinski definition) is 0. The zero-order valence-electron chi connectivity index (χ0n) is 12.4. The number of alkyl halides is 1. The van der Waals surface area contributed by atoms with Gasteiger partial charge in [0.05, 0.1) is 17.2 Å². The number of carbonyl (C=O) groups excluding carboxylic acids is 1. The molecule has 24 heavy (non-hydrogen) atoms. The van der Waals surface area contributed by atoms with Gasteiger partial charge in [-0.2, -0.15) is 0 Å². The number of rotatable bonds is 4. The predicted molar refractivity (Wildman–Crippen MR) is 94.6 cm³/mol. The highest BCUT2D eigenvalue weighted by molar-refractivity contribution is 9.09. The van der Waals surface area contributed by atoms with Crippen LogP contribution in [0.25, 0.3) is 0 Å². The third-order valence-corrected chi connectivity index (χ3v) is 4.83. The molecule has 4 nitrogen and oxygen atoms in total. The molecule has 2 unspecified atom stereocenters. The lowest BCUT2D eigenvalue weighted by Gasteiger charge is -2.22. The fourth-order valence-electron chi connectivity index (χ4n) is 2.26. The quantitative estimate of drug-likeness (QED) is 0.516. The first-order chi connectivity index (χ1) is 11.5. The fraction of sp³-hybridized carbons (Fsp3) is 0.235. The monoisotopic (exact) mass is 430 g/mol. The Morgan fingerprint density at radius 1 is 1.25 bits per heavy atom. The molecule has 0 aromatic heterocycles. The normalized spacial score (nSPS) is 23.2. The highest BCUT2D eigenvalue weighted by Crippen LogP contribution is 2.43. The minimum Gasteiger partial charge on any atom is -0.459 e. The molecular formula is C17H13BrCl2O4. The maximum Gasteiger partial charge on any atom is 0.338 e. The number of benzene rings is 2. The van der Waals surface area contributed by atoms with E-state index in [0.29, 0.717) is 21.2 Å². The van der Waals surface area contributed by atoms with E-state index in [1.165, 1.54) is 0 Å². The number of ether oxygens (including phenoxy) is 3. The second kappa shape index (κ2) is 7.42. The van der Waals surface area contributed by atoms with Crippen molar-refractivity contribution >= 4 is 45.1 Å². The summed E-state index contributed by atoms with van der Waals surface area (Å²) in [6.07, 6.45) is -0.413. The molecule has 1 aliphatic rings. The second-order valence-electron chi connectivity index (χ2n) is 5.18. The van der Waals surface area contributed by atoms with Gasteiger partial charge < -0.3 is 14.2 Å². The van der Waals surface area contributed by atoms with E-state index < -0.39 is 16.8 Å². The van der Waals surface area contributed by atoms with E-state index in [9.17, 15) is 4.79 Å². The van der Waals surface area contributed by atoms with Crippen LogP contribution in [0.1, 0.15) is 15.9 Å². The number of halogens is 3. The van der Waals surface area contributed by atoms with Crippen LogP contribution < -0.4 is 0 Å². The molecule has 0 saturated carbocycles. The molecule has 0 amide bonds. The van der Waals surface area contributed by atoms with Crippen LogP contribution in [0.15, 0.2) is 48.5 Å². The zero-order valence-corrected chi connectivity index (χ0v) is 15.5. The van der Waals surface area contributed by atoms with Gasteiger partial charge in [0.1, 0.15) is 12.7 Å². The van der Waals surface area contributed by atoms with Crippen LogP contribution in [-0.4, -0.2) is 25.3 Å². The third kappa shape index (κ3) is 3.92. The third-order valence-electron chi connectivity index (χ3n) is 3.44. The first kappa shape index (κ1) is 17.7. The summed E-state index contributed by atoms with van der Waals surface area (Å²) in [6, 6.07) is 13.8. The Balaban J connectivity index is 1.62. The summed E-state index contributed by atoms with van der Waals surface area (Å²) in [5, 5.41) is 0.937. The van der Waals surface area contributed by atoms with E-state index in [1.807, 2.05) is 6.07 Å². The molecule has 0 radical (unpaired) electrons. The van der Waals surface area contributed by atoms with Gasteiger partial charge in [-0.3, -0.25) is 0 Å². The van der Waals surface area contributed by atoms with Crippen molar-refractivity contribution in [2.24, 2.45) is 0 Å². The van der Waals surface area contributed by atoms with Crippen molar-refractivity contribution in [3.05, 3.63) is 69.7 Å². The molecule has 1 fully saturated rings. The Hall–Kier alpha value is -1.11. The van der Waals surface area contributed by atoms with Crippen LogP contribution in [-0.2, 0) is 18.9 Å². The predicted octanol–water partition coefficient (Wildman–Crippen LogP) is 4.77.